The average molecular weight is 147 g/mol. The Labute approximate surface area is 87.4 Å². The molecule has 0 saturated carbocycles. The first kappa shape index (κ1) is 15.8. The standard InChI is InChI=1S/C2H2O4.K.H2O/c3-1(4)2(5)6;;/h(H,3,4)(H,5,6);;1H2. The average Bonchev–Trinajstić information content (AvgIpc) is 1.36. The summed E-state index contributed by atoms with van der Waals surface area (Å²) in [7, 11) is 0. The van der Waals surface area contributed by atoms with E-state index in [0.29, 0.717) is 0 Å². The van der Waals surface area contributed by atoms with Gasteiger partial charge in [-0.1, -0.05) is 0 Å². The van der Waals surface area contributed by atoms with Crippen molar-refractivity contribution in [1.82, 2.24) is 0 Å². The van der Waals surface area contributed by atoms with E-state index in [-0.39, 0.29) is 56.9 Å². The number of carboxylic acid groups (broad SMARTS) is 2. The van der Waals surface area contributed by atoms with E-state index in [0.717, 1.165) is 0 Å². The van der Waals surface area contributed by atoms with Gasteiger partial charge in [0.05, 0.1) is 0 Å². The molecule has 0 aromatic rings. The van der Waals surface area contributed by atoms with Crippen LogP contribution in [-0.2, 0) is 9.59 Å². The third-order valence-electron chi connectivity index (χ3n) is 0.183. The molecule has 0 aromatic carbocycles. The van der Waals surface area contributed by atoms with Crippen LogP contribution in [0.2, 0.25) is 0 Å². The minimum atomic E-state index is -1.82. The number of hydrogen-bond donors (Lipinski definition) is 2. The molecule has 0 saturated heterocycles. The van der Waals surface area contributed by atoms with Crippen LogP contribution in [0.4, 0.5) is 0 Å². The number of rotatable bonds is 0. The van der Waals surface area contributed by atoms with E-state index in [1.165, 1.54) is 0 Å². The molecule has 4 N–H and O–H groups in total. The molecule has 0 aliphatic rings. The number of carboxylic acids is 2. The van der Waals surface area contributed by atoms with Crippen LogP contribution in [0.1, 0.15) is 0 Å². The second kappa shape index (κ2) is 7.54. The maximum Gasteiger partial charge on any atom is 0.414 e. The first-order valence-electron chi connectivity index (χ1n) is 1.11. The van der Waals surface area contributed by atoms with E-state index in [2.05, 4.69) is 0 Å². The molecule has 43 valence electrons. The van der Waals surface area contributed by atoms with Crippen molar-refractivity contribution in [1.29, 1.82) is 0 Å². The van der Waals surface area contributed by atoms with E-state index in [1.807, 2.05) is 0 Å². The van der Waals surface area contributed by atoms with Gasteiger partial charge in [0.15, 0.2) is 0 Å². The summed E-state index contributed by atoms with van der Waals surface area (Å²) in [5.41, 5.74) is 0. The monoisotopic (exact) mass is 147 g/mol. The first-order chi connectivity index (χ1) is 2.64. The van der Waals surface area contributed by atoms with Gasteiger partial charge in [0.2, 0.25) is 0 Å². The van der Waals surface area contributed by atoms with Gasteiger partial charge in [-0.2, -0.15) is 0 Å². The predicted octanol–water partition coefficient (Wildman–Crippen LogP) is -2.05. The van der Waals surface area contributed by atoms with Gasteiger partial charge in [0, 0.05) is 51.4 Å². The molecule has 0 aliphatic carbocycles. The third-order valence-corrected chi connectivity index (χ3v) is 0.183. The number of aliphatic carboxylic acids is 2. The Morgan fingerprint density at radius 1 is 1.00 bits per heavy atom. The minimum absolute atomic E-state index is 0. The fraction of sp³-hybridized carbons (Fsp3) is 0. The van der Waals surface area contributed by atoms with Gasteiger partial charge in [-0.05, 0) is 0 Å². The molecule has 8 heavy (non-hydrogen) atoms. The van der Waals surface area contributed by atoms with Crippen molar-refractivity contribution in [3.63, 3.8) is 0 Å². The maximum atomic E-state index is 9.10. The van der Waals surface area contributed by atoms with Crippen molar-refractivity contribution >= 4 is 63.3 Å². The van der Waals surface area contributed by atoms with Gasteiger partial charge in [0.25, 0.3) is 0 Å². The summed E-state index contributed by atoms with van der Waals surface area (Å²) in [6.07, 6.45) is 0. The van der Waals surface area contributed by atoms with Crippen LogP contribution in [0.15, 0.2) is 0 Å². The molecule has 0 spiro atoms. The molecule has 0 aromatic heterocycles. The molecule has 0 amide bonds. The summed E-state index contributed by atoms with van der Waals surface area (Å²) in [5.74, 6) is -3.65. The van der Waals surface area contributed by atoms with Crippen molar-refractivity contribution in [3.8, 4) is 0 Å². The van der Waals surface area contributed by atoms with Gasteiger partial charge in [-0.3, -0.25) is 0 Å². The van der Waals surface area contributed by atoms with Gasteiger partial charge < -0.3 is 15.7 Å². The third kappa shape index (κ3) is 9.74. The molecular weight excluding hydrogens is 143 g/mol. The summed E-state index contributed by atoms with van der Waals surface area (Å²) in [6, 6.07) is 0. The molecule has 6 heteroatoms. The molecule has 0 aliphatic heterocycles. The van der Waals surface area contributed by atoms with Crippen molar-refractivity contribution in [2.45, 2.75) is 0 Å². The predicted molar refractivity (Wildman–Crippen MR) is 24.6 cm³/mol. The zero-order valence-corrected chi connectivity index (χ0v) is 7.33. The van der Waals surface area contributed by atoms with E-state index < -0.39 is 11.9 Å². The van der Waals surface area contributed by atoms with Crippen molar-refractivity contribution < 1.29 is 25.3 Å². The molecule has 0 heterocycles. The van der Waals surface area contributed by atoms with E-state index in [1.54, 1.807) is 0 Å². The Hall–Kier alpha value is 0.536. The van der Waals surface area contributed by atoms with Gasteiger partial charge in [-0.15, -0.1) is 0 Å². The maximum absolute atomic E-state index is 9.10. The van der Waals surface area contributed by atoms with Crippen LogP contribution in [0.3, 0.4) is 0 Å². The molecule has 1 radical (unpaired) electrons. The topological polar surface area (TPSA) is 106 Å². The number of hydrogen-bond acceptors (Lipinski definition) is 2. The molecule has 5 nitrogen and oxygen atoms in total. The van der Waals surface area contributed by atoms with Crippen LogP contribution < -0.4 is 0 Å². The second-order valence-electron chi connectivity index (χ2n) is 0.610. The van der Waals surface area contributed by atoms with E-state index in [9.17, 15) is 0 Å². The van der Waals surface area contributed by atoms with Crippen molar-refractivity contribution in [2.24, 2.45) is 0 Å². The van der Waals surface area contributed by atoms with Crippen LogP contribution in [-0.4, -0.2) is 79.0 Å². The zero-order valence-electron chi connectivity index (χ0n) is 4.21. The minimum Gasteiger partial charge on any atom is -0.473 e. The second-order valence-corrected chi connectivity index (χ2v) is 0.610. The smallest absolute Gasteiger partial charge is 0.414 e. The Balaban J connectivity index is -0.000000125. The normalized spacial score (nSPS) is 5.50. The summed E-state index contributed by atoms with van der Waals surface area (Å²) < 4.78 is 0. The van der Waals surface area contributed by atoms with Crippen LogP contribution in [0.5, 0.6) is 0 Å². The van der Waals surface area contributed by atoms with Crippen molar-refractivity contribution in [2.75, 3.05) is 0 Å². The van der Waals surface area contributed by atoms with Gasteiger partial charge in [-0.25, -0.2) is 9.59 Å². The summed E-state index contributed by atoms with van der Waals surface area (Å²) in [5, 5.41) is 14.8. The molecule has 0 atom stereocenters. The zero-order chi connectivity index (χ0) is 5.15. The summed E-state index contributed by atoms with van der Waals surface area (Å²) in [4.78, 5) is 18.2. The summed E-state index contributed by atoms with van der Waals surface area (Å²) >= 11 is 0. The fourth-order valence-electron chi connectivity index (χ4n) is 0. The van der Waals surface area contributed by atoms with Crippen LogP contribution in [0.25, 0.3) is 0 Å². The Morgan fingerprint density at radius 2 is 1.12 bits per heavy atom. The molecule has 0 bridgehead atoms. The molecule has 0 rings (SSSR count). The van der Waals surface area contributed by atoms with E-state index >= 15 is 0 Å². The number of carbonyl (C=O) groups is 2. The SMILES string of the molecule is O.O=C(O)C(=O)O.[K]. The van der Waals surface area contributed by atoms with Crippen molar-refractivity contribution in [3.05, 3.63) is 0 Å². The Bertz CT molecular complexity index is 76.4. The fourth-order valence-corrected chi connectivity index (χ4v) is 0. The largest absolute Gasteiger partial charge is 0.473 e. The van der Waals surface area contributed by atoms with Gasteiger partial charge in [0.1, 0.15) is 0 Å². The van der Waals surface area contributed by atoms with Crippen LogP contribution >= 0.6 is 0 Å². The summed E-state index contributed by atoms with van der Waals surface area (Å²) in [6.45, 7) is 0. The molecule has 0 unspecified atom stereocenters. The molecule has 0 fully saturated rings. The van der Waals surface area contributed by atoms with Crippen LogP contribution in [0, 0.1) is 0 Å². The Morgan fingerprint density at radius 3 is 1.12 bits per heavy atom. The van der Waals surface area contributed by atoms with Gasteiger partial charge >= 0.3 is 11.9 Å². The molecular formula is C2H4KO5. The quantitative estimate of drug-likeness (QED) is 0.304. The first-order valence-corrected chi connectivity index (χ1v) is 1.11. The van der Waals surface area contributed by atoms with E-state index in [4.69, 9.17) is 19.8 Å². The Kier molecular flexibility index (Phi) is 14.9.